The molecule has 2 aliphatic heterocycles. The maximum atomic E-state index is 12.7. The first kappa shape index (κ1) is 16.7. The van der Waals surface area contributed by atoms with Gasteiger partial charge in [0.25, 0.3) is 0 Å². The van der Waals surface area contributed by atoms with E-state index in [2.05, 4.69) is 20.7 Å². The van der Waals surface area contributed by atoms with E-state index in [1.807, 2.05) is 11.8 Å². The van der Waals surface area contributed by atoms with Crippen molar-refractivity contribution < 1.29 is 18.4 Å². The number of imide groups is 1. The van der Waals surface area contributed by atoms with Crippen LogP contribution in [0, 0.1) is 5.41 Å². The van der Waals surface area contributed by atoms with E-state index >= 15 is 0 Å². The number of halogens is 2. The first-order valence-electron chi connectivity index (χ1n) is 8.31. The molecule has 2 aromatic heterocycles. The molecule has 2 aromatic rings. The zero-order valence-electron chi connectivity index (χ0n) is 14.1. The number of carbonyl (C=O) groups excluding carboxylic acids is 2. The van der Waals surface area contributed by atoms with Gasteiger partial charge in [-0.25, -0.2) is 23.1 Å². The van der Waals surface area contributed by atoms with E-state index in [-0.39, 0.29) is 13.0 Å². The highest BCUT2D eigenvalue weighted by Crippen LogP contribution is 2.40. The second kappa shape index (κ2) is 5.89. The molecule has 2 fully saturated rings. The molecule has 0 saturated carbocycles. The molecule has 8 nitrogen and oxygen atoms in total. The molecule has 138 valence electrons. The number of amides is 3. The summed E-state index contributed by atoms with van der Waals surface area (Å²) in [5.74, 6) is -1.04. The number of urea groups is 1. The number of rotatable bonds is 4. The van der Waals surface area contributed by atoms with Gasteiger partial charge in [-0.1, -0.05) is 6.92 Å². The lowest BCUT2D eigenvalue weighted by Gasteiger charge is -2.49. The molecule has 4 rings (SSSR count). The van der Waals surface area contributed by atoms with Crippen LogP contribution in [0.4, 0.5) is 19.3 Å². The van der Waals surface area contributed by atoms with Crippen molar-refractivity contribution in [2.24, 2.45) is 5.41 Å². The summed E-state index contributed by atoms with van der Waals surface area (Å²) in [6, 6.07) is 1.23. The van der Waals surface area contributed by atoms with Gasteiger partial charge < -0.3 is 10.2 Å². The highest BCUT2D eigenvalue weighted by molar-refractivity contribution is 6.00. The topological polar surface area (TPSA) is 91.6 Å². The number of fused-ring (bicyclic) bond motifs is 1. The minimum atomic E-state index is -2.34. The highest BCUT2D eigenvalue weighted by Gasteiger charge is 2.42. The quantitative estimate of drug-likeness (QED) is 0.849. The number of nitrogens with zero attached hydrogens (tertiary/aromatic N) is 4. The van der Waals surface area contributed by atoms with Gasteiger partial charge in [0.1, 0.15) is 0 Å². The van der Waals surface area contributed by atoms with E-state index in [1.54, 1.807) is 23.0 Å². The Labute approximate surface area is 147 Å². The van der Waals surface area contributed by atoms with Crippen molar-refractivity contribution in [2.75, 3.05) is 24.5 Å². The number of nitrogens with one attached hydrogen (secondary N) is 2. The molecule has 0 aliphatic carbocycles. The van der Waals surface area contributed by atoms with E-state index in [9.17, 15) is 18.4 Å². The van der Waals surface area contributed by atoms with Crippen LogP contribution in [0.15, 0.2) is 18.5 Å². The maximum Gasteiger partial charge on any atom is 0.321 e. The van der Waals surface area contributed by atoms with Gasteiger partial charge in [-0.3, -0.25) is 10.1 Å². The van der Waals surface area contributed by atoms with E-state index in [4.69, 9.17) is 0 Å². The monoisotopic (exact) mass is 364 g/mol. The fourth-order valence-electron chi connectivity index (χ4n) is 3.64. The van der Waals surface area contributed by atoms with Gasteiger partial charge in [-0.05, 0) is 6.07 Å². The zero-order chi connectivity index (χ0) is 18.5. The fraction of sp³-hybridized carbons (Fsp3) is 0.500. The standard InChI is InChI=1S/C16H18F2N6O2/c1-16(5-12(17)18)7-23(8-16)11-4-10(22-24-3-2-19-13(11)24)9-6-20-15(26)21-14(9)25/h2-4,9,12H,5-8H2,1H3,(H2,20,21,25,26). The molecule has 2 N–H and O–H groups in total. The summed E-state index contributed by atoms with van der Waals surface area (Å²) in [4.78, 5) is 29.7. The van der Waals surface area contributed by atoms with Crippen LogP contribution < -0.4 is 15.5 Å². The third kappa shape index (κ3) is 2.85. The molecule has 3 amide bonds. The second-order valence-corrected chi connectivity index (χ2v) is 7.16. The van der Waals surface area contributed by atoms with Crippen LogP contribution in [-0.4, -0.2) is 52.6 Å². The SMILES string of the molecule is CC1(CC(F)F)CN(c2cc(C3CNC(=O)NC3=O)nn3ccnc23)C1. The molecular formula is C16H18F2N6O2. The molecule has 2 saturated heterocycles. The highest BCUT2D eigenvalue weighted by atomic mass is 19.3. The van der Waals surface area contributed by atoms with E-state index in [0.29, 0.717) is 24.4 Å². The van der Waals surface area contributed by atoms with Gasteiger partial charge in [0, 0.05) is 43.9 Å². The molecule has 2 aliphatic rings. The summed E-state index contributed by atoms with van der Waals surface area (Å²) in [5.41, 5.74) is 1.40. The Balaban J connectivity index is 1.64. The van der Waals surface area contributed by atoms with Crippen LogP contribution in [-0.2, 0) is 4.79 Å². The van der Waals surface area contributed by atoms with Gasteiger partial charge in [0.05, 0.1) is 17.3 Å². The van der Waals surface area contributed by atoms with Crippen molar-refractivity contribution in [2.45, 2.75) is 25.7 Å². The predicted molar refractivity (Wildman–Crippen MR) is 88.2 cm³/mol. The Bertz CT molecular complexity index is 877. The van der Waals surface area contributed by atoms with Crippen molar-refractivity contribution in [3.63, 3.8) is 0 Å². The van der Waals surface area contributed by atoms with Crippen molar-refractivity contribution >= 4 is 23.3 Å². The van der Waals surface area contributed by atoms with Crippen LogP contribution in [0.25, 0.3) is 5.65 Å². The first-order chi connectivity index (χ1) is 12.3. The number of aromatic nitrogens is 3. The molecule has 1 unspecified atom stereocenters. The van der Waals surface area contributed by atoms with Crippen LogP contribution in [0.2, 0.25) is 0 Å². The normalized spacial score (nSPS) is 22.3. The minimum Gasteiger partial charge on any atom is -0.367 e. The number of hydrogen-bond donors (Lipinski definition) is 2. The summed E-state index contributed by atoms with van der Waals surface area (Å²) in [5, 5.41) is 9.23. The van der Waals surface area contributed by atoms with Gasteiger partial charge >= 0.3 is 6.03 Å². The Hall–Kier alpha value is -2.78. The van der Waals surface area contributed by atoms with E-state index in [0.717, 1.165) is 5.69 Å². The summed E-state index contributed by atoms with van der Waals surface area (Å²) < 4.78 is 27.1. The van der Waals surface area contributed by atoms with Crippen molar-refractivity contribution in [3.05, 3.63) is 24.2 Å². The third-order valence-electron chi connectivity index (χ3n) is 4.87. The summed E-state index contributed by atoms with van der Waals surface area (Å²) in [7, 11) is 0. The number of alkyl halides is 2. The first-order valence-corrected chi connectivity index (χ1v) is 8.31. The van der Waals surface area contributed by atoms with Crippen LogP contribution >= 0.6 is 0 Å². The zero-order valence-corrected chi connectivity index (χ0v) is 14.1. The minimum absolute atomic E-state index is 0.150. The number of anilines is 1. The van der Waals surface area contributed by atoms with Crippen LogP contribution in [0.1, 0.15) is 25.0 Å². The summed E-state index contributed by atoms with van der Waals surface area (Å²) >= 11 is 0. The van der Waals surface area contributed by atoms with Crippen molar-refractivity contribution in [1.29, 1.82) is 0 Å². The third-order valence-corrected chi connectivity index (χ3v) is 4.87. The molecule has 10 heteroatoms. The average Bonchev–Trinajstić information content (AvgIpc) is 2.99. The van der Waals surface area contributed by atoms with Crippen LogP contribution in [0.5, 0.6) is 0 Å². The number of imidazole rings is 1. The van der Waals surface area contributed by atoms with Gasteiger partial charge in [-0.15, -0.1) is 0 Å². The van der Waals surface area contributed by atoms with E-state index in [1.165, 1.54) is 0 Å². The smallest absolute Gasteiger partial charge is 0.321 e. The molecule has 0 radical (unpaired) electrons. The number of carbonyl (C=O) groups is 2. The number of hydrogen-bond acceptors (Lipinski definition) is 5. The van der Waals surface area contributed by atoms with Crippen LogP contribution in [0.3, 0.4) is 0 Å². The molecule has 0 bridgehead atoms. The lowest BCUT2D eigenvalue weighted by molar-refractivity contribution is -0.122. The average molecular weight is 364 g/mol. The lowest BCUT2D eigenvalue weighted by atomic mass is 9.78. The Morgan fingerprint density at radius 2 is 2.15 bits per heavy atom. The molecule has 26 heavy (non-hydrogen) atoms. The molecule has 4 heterocycles. The lowest BCUT2D eigenvalue weighted by Crippen LogP contribution is -2.56. The second-order valence-electron chi connectivity index (χ2n) is 7.16. The van der Waals surface area contributed by atoms with Gasteiger partial charge in [-0.2, -0.15) is 5.10 Å². The Morgan fingerprint density at radius 3 is 2.85 bits per heavy atom. The summed E-state index contributed by atoms with van der Waals surface area (Å²) in [6.07, 6.45) is 0.774. The Kier molecular flexibility index (Phi) is 3.78. The Morgan fingerprint density at radius 1 is 1.38 bits per heavy atom. The largest absolute Gasteiger partial charge is 0.367 e. The van der Waals surface area contributed by atoms with E-state index < -0.39 is 29.7 Å². The molecular weight excluding hydrogens is 346 g/mol. The van der Waals surface area contributed by atoms with Crippen molar-refractivity contribution in [3.8, 4) is 0 Å². The summed E-state index contributed by atoms with van der Waals surface area (Å²) in [6.45, 7) is 2.96. The van der Waals surface area contributed by atoms with Gasteiger partial charge in [0.2, 0.25) is 12.3 Å². The maximum absolute atomic E-state index is 12.7. The molecule has 0 aromatic carbocycles. The fourth-order valence-corrected chi connectivity index (χ4v) is 3.64. The molecule has 0 spiro atoms. The molecule has 1 atom stereocenters. The predicted octanol–water partition coefficient (Wildman–Crippen LogP) is 1.13. The van der Waals surface area contributed by atoms with Gasteiger partial charge in [0.15, 0.2) is 5.65 Å². The van der Waals surface area contributed by atoms with Crippen molar-refractivity contribution in [1.82, 2.24) is 25.2 Å².